The lowest BCUT2D eigenvalue weighted by Crippen LogP contribution is -2.48. The molecule has 3 rings (SSSR count). The highest BCUT2D eigenvalue weighted by molar-refractivity contribution is 7.10. The number of nitrogens with zero attached hydrogens (tertiary/aromatic N) is 2. The molecule has 1 saturated heterocycles. The lowest BCUT2D eigenvalue weighted by atomic mass is 10.2. The standard InChI is InChI=1S/C15H18N2OS2/c18-15(11-13-3-1-9-19-13)17-7-5-16(6-8-17)12-14-4-2-10-20-14/h1-4,9-10H,5-8,11-12H2. The Balaban J connectivity index is 1.47. The Kier molecular flexibility index (Phi) is 4.50. The Morgan fingerprint density at radius 3 is 2.25 bits per heavy atom. The molecule has 0 radical (unpaired) electrons. The quantitative estimate of drug-likeness (QED) is 0.867. The van der Waals surface area contributed by atoms with Crippen LogP contribution >= 0.6 is 22.7 Å². The van der Waals surface area contributed by atoms with Gasteiger partial charge in [0.25, 0.3) is 0 Å². The molecule has 1 aliphatic heterocycles. The van der Waals surface area contributed by atoms with Crippen molar-refractivity contribution < 1.29 is 4.79 Å². The molecular formula is C15H18N2OS2. The predicted molar refractivity (Wildman–Crippen MR) is 84.2 cm³/mol. The molecule has 1 amide bonds. The van der Waals surface area contributed by atoms with Crippen molar-refractivity contribution in [1.29, 1.82) is 0 Å². The second-order valence-electron chi connectivity index (χ2n) is 4.99. The van der Waals surface area contributed by atoms with Crippen molar-refractivity contribution in [2.75, 3.05) is 26.2 Å². The fourth-order valence-corrected chi connectivity index (χ4v) is 3.89. The van der Waals surface area contributed by atoms with Gasteiger partial charge in [0, 0.05) is 42.5 Å². The van der Waals surface area contributed by atoms with Crippen molar-refractivity contribution in [2.24, 2.45) is 0 Å². The van der Waals surface area contributed by atoms with E-state index >= 15 is 0 Å². The fraction of sp³-hybridized carbons (Fsp3) is 0.400. The van der Waals surface area contributed by atoms with E-state index in [9.17, 15) is 4.79 Å². The Morgan fingerprint density at radius 1 is 1.00 bits per heavy atom. The maximum atomic E-state index is 12.2. The van der Waals surface area contributed by atoms with E-state index in [0.717, 1.165) is 37.6 Å². The normalized spacial score (nSPS) is 16.5. The van der Waals surface area contributed by atoms with E-state index in [2.05, 4.69) is 22.4 Å². The smallest absolute Gasteiger partial charge is 0.227 e. The van der Waals surface area contributed by atoms with Crippen LogP contribution in [0.25, 0.3) is 0 Å². The lowest BCUT2D eigenvalue weighted by Gasteiger charge is -2.34. The average Bonchev–Trinajstić information content (AvgIpc) is 3.13. The molecule has 0 aliphatic carbocycles. The minimum absolute atomic E-state index is 0.267. The lowest BCUT2D eigenvalue weighted by molar-refractivity contribution is -0.132. The van der Waals surface area contributed by atoms with E-state index in [0.29, 0.717) is 6.42 Å². The average molecular weight is 306 g/mol. The van der Waals surface area contributed by atoms with Gasteiger partial charge >= 0.3 is 0 Å². The molecule has 2 aromatic heterocycles. The van der Waals surface area contributed by atoms with E-state index < -0.39 is 0 Å². The second-order valence-corrected chi connectivity index (χ2v) is 7.06. The maximum absolute atomic E-state index is 12.2. The summed E-state index contributed by atoms with van der Waals surface area (Å²) in [4.78, 5) is 19.2. The number of carbonyl (C=O) groups is 1. The number of carbonyl (C=O) groups excluding carboxylic acids is 1. The summed E-state index contributed by atoms with van der Waals surface area (Å²) in [6.07, 6.45) is 0.558. The third-order valence-electron chi connectivity index (χ3n) is 3.59. The molecule has 0 bridgehead atoms. The van der Waals surface area contributed by atoms with Crippen molar-refractivity contribution in [3.63, 3.8) is 0 Å². The van der Waals surface area contributed by atoms with E-state index in [-0.39, 0.29) is 5.91 Å². The van der Waals surface area contributed by atoms with Gasteiger partial charge < -0.3 is 4.90 Å². The van der Waals surface area contributed by atoms with Crippen molar-refractivity contribution in [3.8, 4) is 0 Å². The number of thiophene rings is 2. The molecule has 0 N–H and O–H groups in total. The highest BCUT2D eigenvalue weighted by Crippen LogP contribution is 2.15. The molecule has 3 nitrogen and oxygen atoms in total. The summed E-state index contributed by atoms with van der Waals surface area (Å²) in [5.41, 5.74) is 0. The minimum Gasteiger partial charge on any atom is -0.340 e. The van der Waals surface area contributed by atoms with E-state index in [1.165, 1.54) is 4.88 Å². The Morgan fingerprint density at radius 2 is 1.65 bits per heavy atom. The van der Waals surface area contributed by atoms with Crippen LogP contribution in [0.3, 0.4) is 0 Å². The third kappa shape index (κ3) is 3.48. The van der Waals surface area contributed by atoms with Crippen molar-refractivity contribution in [1.82, 2.24) is 9.80 Å². The molecule has 1 fully saturated rings. The van der Waals surface area contributed by atoms with E-state index in [1.807, 2.05) is 22.4 Å². The fourth-order valence-electron chi connectivity index (χ4n) is 2.45. The molecule has 2 aromatic rings. The number of hydrogen-bond donors (Lipinski definition) is 0. The SMILES string of the molecule is O=C(Cc1cccs1)N1CCN(Cc2cccs2)CC1. The van der Waals surface area contributed by atoms with Crippen LogP contribution in [0.2, 0.25) is 0 Å². The van der Waals surface area contributed by atoms with Crippen molar-refractivity contribution in [3.05, 3.63) is 44.8 Å². The van der Waals surface area contributed by atoms with Gasteiger partial charge in [0.15, 0.2) is 0 Å². The molecule has 0 saturated carbocycles. The molecule has 3 heterocycles. The van der Waals surface area contributed by atoms with Gasteiger partial charge in [-0.3, -0.25) is 9.69 Å². The van der Waals surface area contributed by atoms with Crippen LogP contribution in [0.1, 0.15) is 9.75 Å². The summed E-state index contributed by atoms with van der Waals surface area (Å²) in [5, 5.41) is 4.15. The largest absolute Gasteiger partial charge is 0.340 e. The van der Waals surface area contributed by atoms with Crippen LogP contribution in [-0.2, 0) is 17.8 Å². The first-order valence-electron chi connectivity index (χ1n) is 6.86. The molecule has 0 atom stereocenters. The Bertz CT molecular complexity index is 528. The van der Waals surface area contributed by atoms with Crippen LogP contribution < -0.4 is 0 Å². The van der Waals surface area contributed by atoms with Crippen LogP contribution in [0.4, 0.5) is 0 Å². The molecule has 0 unspecified atom stereocenters. The molecule has 106 valence electrons. The summed E-state index contributed by atoms with van der Waals surface area (Å²) in [5.74, 6) is 0.267. The van der Waals surface area contributed by atoms with Gasteiger partial charge in [-0.05, 0) is 22.9 Å². The monoisotopic (exact) mass is 306 g/mol. The summed E-state index contributed by atoms with van der Waals surface area (Å²) in [6, 6.07) is 8.32. The van der Waals surface area contributed by atoms with Crippen LogP contribution in [0.5, 0.6) is 0 Å². The summed E-state index contributed by atoms with van der Waals surface area (Å²) in [7, 11) is 0. The topological polar surface area (TPSA) is 23.6 Å². The Labute approximate surface area is 127 Å². The van der Waals surface area contributed by atoms with Crippen LogP contribution in [-0.4, -0.2) is 41.9 Å². The first kappa shape index (κ1) is 13.8. The first-order valence-corrected chi connectivity index (χ1v) is 8.62. The predicted octanol–water partition coefficient (Wildman–Crippen LogP) is 2.70. The molecule has 0 aromatic carbocycles. The maximum Gasteiger partial charge on any atom is 0.227 e. The number of piperazine rings is 1. The summed E-state index contributed by atoms with van der Waals surface area (Å²) >= 11 is 3.47. The number of amides is 1. The van der Waals surface area contributed by atoms with Crippen LogP contribution in [0, 0.1) is 0 Å². The highest BCUT2D eigenvalue weighted by Gasteiger charge is 2.21. The summed E-state index contributed by atoms with van der Waals surface area (Å²) in [6.45, 7) is 4.69. The van der Waals surface area contributed by atoms with Gasteiger partial charge in [-0.2, -0.15) is 0 Å². The van der Waals surface area contributed by atoms with Crippen molar-refractivity contribution >= 4 is 28.6 Å². The molecule has 5 heteroatoms. The zero-order valence-electron chi connectivity index (χ0n) is 11.3. The molecule has 20 heavy (non-hydrogen) atoms. The Hall–Kier alpha value is -1.17. The van der Waals surface area contributed by atoms with Gasteiger partial charge in [-0.15, -0.1) is 22.7 Å². The molecule has 0 spiro atoms. The molecular weight excluding hydrogens is 288 g/mol. The van der Waals surface area contributed by atoms with E-state index in [1.54, 1.807) is 22.7 Å². The van der Waals surface area contributed by atoms with Gasteiger partial charge in [-0.25, -0.2) is 0 Å². The first-order chi connectivity index (χ1) is 9.81. The van der Waals surface area contributed by atoms with Crippen molar-refractivity contribution in [2.45, 2.75) is 13.0 Å². The number of hydrogen-bond acceptors (Lipinski definition) is 4. The zero-order chi connectivity index (χ0) is 13.8. The second kappa shape index (κ2) is 6.52. The minimum atomic E-state index is 0.267. The molecule has 1 aliphatic rings. The number of rotatable bonds is 4. The van der Waals surface area contributed by atoms with E-state index in [4.69, 9.17) is 0 Å². The van der Waals surface area contributed by atoms with Gasteiger partial charge in [-0.1, -0.05) is 12.1 Å². The summed E-state index contributed by atoms with van der Waals surface area (Å²) < 4.78 is 0. The highest BCUT2D eigenvalue weighted by atomic mass is 32.1. The third-order valence-corrected chi connectivity index (χ3v) is 5.33. The van der Waals surface area contributed by atoms with Gasteiger partial charge in [0.1, 0.15) is 0 Å². The zero-order valence-corrected chi connectivity index (χ0v) is 13.0. The van der Waals surface area contributed by atoms with Crippen LogP contribution in [0.15, 0.2) is 35.0 Å². The van der Waals surface area contributed by atoms with Gasteiger partial charge in [0.05, 0.1) is 6.42 Å². The van der Waals surface area contributed by atoms with Gasteiger partial charge in [0.2, 0.25) is 5.91 Å².